The van der Waals surface area contributed by atoms with Gasteiger partial charge in [-0.3, -0.25) is 9.59 Å². The van der Waals surface area contributed by atoms with Gasteiger partial charge in [0.2, 0.25) is 11.8 Å². The van der Waals surface area contributed by atoms with Crippen LogP contribution >= 0.6 is 0 Å². The predicted octanol–water partition coefficient (Wildman–Crippen LogP) is 0.350. The Hall–Kier alpha value is -1.10. The molecule has 3 heterocycles. The minimum Gasteiger partial charge on any atom is -0.345 e. The molecule has 2 amide bonds. The number of fused-ring (bicyclic) bond motifs is 1. The zero-order valence-electron chi connectivity index (χ0n) is 11.6. The lowest BCUT2D eigenvalue weighted by atomic mass is 9.95. The van der Waals surface area contributed by atoms with E-state index in [0.29, 0.717) is 25.0 Å². The number of hydrogen-bond acceptors (Lipinski definition) is 3. The van der Waals surface area contributed by atoms with Crippen molar-refractivity contribution in [1.29, 1.82) is 0 Å². The standard InChI is InChI=1S/C14H23N3O2/c1-10-14(19)17(8-5-13(18)15-10)12-4-7-16-6-2-3-11(16)9-12/h10-12H,2-9H2,1H3,(H,15,18). The van der Waals surface area contributed by atoms with Gasteiger partial charge in [0.1, 0.15) is 6.04 Å². The average Bonchev–Trinajstić information content (AvgIpc) is 2.81. The second-order valence-corrected chi connectivity index (χ2v) is 6.08. The van der Waals surface area contributed by atoms with Crippen LogP contribution in [0.4, 0.5) is 0 Å². The van der Waals surface area contributed by atoms with Crippen molar-refractivity contribution in [3.8, 4) is 0 Å². The van der Waals surface area contributed by atoms with E-state index in [9.17, 15) is 9.59 Å². The van der Waals surface area contributed by atoms with E-state index in [1.54, 1.807) is 6.92 Å². The van der Waals surface area contributed by atoms with Crippen molar-refractivity contribution in [3.63, 3.8) is 0 Å². The van der Waals surface area contributed by atoms with Crippen molar-refractivity contribution in [1.82, 2.24) is 15.1 Å². The normalized spacial score (nSPS) is 36.9. The fraction of sp³-hybridized carbons (Fsp3) is 0.857. The summed E-state index contributed by atoms with van der Waals surface area (Å²) >= 11 is 0. The summed E-state index contributed by atoms with van der Waals surface area (Å²) < 4.78 is 0. The number of rotatable bonds is 1. The van der Waals surface area contributed by atoms with Gasteiger partial charge < -0.3 is 15.1 Å². The first kappa shape index (κ1) is 12.9. The topological polar surface area (TPSA) is 52.7 Å². The summed E-state index contributed by atoms with van der Waals surface area (Å²) in [6, 6.07) is 0.632. The lowest BCUT2D eigenvalue weighted by Gasteiger charge is -2.40. The summed E-state index contributed by atoms with van der Waals surface area (Å²) in [4.78, 5) is 28.5. The Bertz CT molecular complexity index is 385. The van der Waals surface area contributed by atoms with Crippen molar-refractivity contribution < 1.29 is 9.59 Å². The van der Waals surface area contributed by atoms with Crippen LogP contribution in [0, 0.1) is 0 Å². The lowest BCUT2D eigenvalue weighted by Crippen LogP contribution is -2.52. The zero-order valence-corrected chi connectivity index (χ0v) is 11.6. The number of nitrogens with one attached hydrogen (secondary N) is 1. The highest BCUT2D eigenvalue weighted by Crippen LogP contribution is 2.30. The van der Waals surface area contributed by atoms with Gasteiger partial charge in [-0.1, -0.05) is 0 Å². The Balaban J connectivity index is 1.70. The number of nitrogens with zero attached hydrogens (tertiary/aromatic N) is 2. The van der Waals surface area contributed by atoms with Crippen LogP contribution in [-0.4, -0.2) is 59.4 Å². The Labute approximate surface area is 114 Å². The summed E-state index contributed by atoms with van der Waals surface area (Å²) in [6.45, 7) is 4.71. The molecule has 3 saturated heterocycles. The van der Waals surface area contributed by atoms with Gasteiger partial charge in [0.05, 0.1) is 0 Å². The Morgan fingerprint density at radius 1 is 1.11 bits per heavy atom. The number of hydrogen-bond donors (Lipinski definition) is 1. The molecule has 5 heteroatoms. The number of carbonyl (C=O) groups excluding carboxylic acids is 2. The molecule has 0 aliphatic carbocycles. The molecule has 106 valence electrons. The zero-order chi connectivity index (χ0) is 13.4. The molecule has 0 aromatic heterocycles. The van der Waals surface area contributed by atoms with Crippen molar-refractivity contribution >= 4 is 11.8 Å². The van der Waals surface area contributed by atoms with Gasteiger partial charge in [-0.05, 0) is 39.2 Å². The predicted molar refractivity (Wildman–Crippen MR) is 71.6 cm³/mol. The minimum absolute atomic E-state index is 0.00153. The van der Waals surface area contributed by atoms with E-state index in [4.69, 9.17) is 0 Å². The molecular weight excluding hydrogens is 242 g/mol. The van der Waals surface area contributed by atoms with E-state index in [-0.39, 0.29) is 17.9 Å². The molecule has 0 radical (unpaired) electrons. The van der Waals surface area contributed by atoms with E-state index >= 15 is 0 Å². The van der Waals surface area contributed by atoms with Crippen molar-refractivity contribution in [2.75, 3.05) is 19.6 Å². The first-order valence-electron chi connectivity index (χ1n) is 7.49. The minimum atomic E-state index is -0.364. The van der Waals surface area contributed by atoms with Crippen molar-refractivity contribution in [2.24, 2.45) is 0 Å². The van der Waals surface area contributed by atoms with E-state index in [2.05, 4.69) is 10.2 Å². The molecule has 0 aromatic rings. The van der Waals surface area contributed by atoms with Crippen LogP contribution in [0.5, 0.6) is 0 Å². The monoisotopic (exact) mass is 265 g/mol. The van der Waals surface area contributed by atoms with Crippen LogP contribution in [0.15, 0.2) is 0 Å². The molecule has 5 nitrogen and oxygen atoms in total. The molecule has 0 aromatic carbocycles. The highest BCUT2D eigenvalue weighted by Gasteiger charge is 2.38. The molecule has 3 aliphatic heterocycles. The second kappa shape index (κ2) is 5.12. The third kappa shape index (κ3) is 2.48. The van der Waals surface area contributed by atoms with Crippen LogP contribution in [-0.2, 0) is 9.59 Å². The van der Waals surface area contributed by atoms with E-state index < -0.39 is 0 Å². The van der Waals surface area contributed by atoms with Gasteiger partial charge in [-0.15, -0.1) is 0 Å². The molecule has 3 fully saturated rings. The summed E-state index contributed by atoms with van der Waals surface area (Å²) in [6.07, 6.45) is 5.16. The lowest BCUT2D eigenvalue weighted by molar-refractivity contribution is -0.136. The summed E-state index contributed by atoms with van der Waals surface area (Å²) in [5.41, 5.74) is 0. The first-order valence-corrected chi connectivity index (χ1v) is 7.49. The quantitative estimate of drug-likeness (QED) is 0.744. The van der Waals surface area contributed by atoms with Crippen molar-refractivity contribution in [2.45, 2.75) is 57.2 Å². The van der Waals surface area contributed by atoms with Crippen LogP contribution < -0.4 is 5.32 Å². The first-order chi connectivity index (χ1) is 9.15. The molecule has 3 atom stereocenters. The highest BCUT2D eigenvalue weighted by atomic mass is 16.2. The number of piperidine rings is 1. The second-order valence-electron chi connectivity index (χ2n) is 6.08. The van der Waals surface area contributed by atoms with E-state index in [1.807, 2.05) is 4.90 Å². The van der Waals surface area contributed by atoms with Gasteiger partial charge in [0.15, 0.2) is 0 Å². The van der Waals surface area contributed by atoms with Crippen LogP contribution in [0.3, 0.4) is 0 Å². The average molecular weight is 265 g/mol. The van der Waals surface area contributed by atoms with Gasteiger partial charge in [-0.25, -0.2) is 0 Å². The Morgan fingerprint density at radius 2 is 1.95 bits per heavy atom. The van der Waals surface area contributed by atoms with Crippen LogP contribution in [0.25, 0.3) is 0 Å². The molecule has 3 unspecified atom stereocenters. The van der Waals surface area contributed by atoms with Crippen LogP contribution in [0.2, 0.25) is 0 Å². The number of amides is 2. The summed E-state index contributed by atoms with van der Waals surface area (Å²) in [7, 11) is 0. The number of carbonyl (C=O) groups is 2. The molecule has 3 aliphatic rings. The largest absolute Gasteiger partial charge is 0.345 e. The third-order valence-electron chi connectivity index (χ3n) is 4.84. The van der Waals surface area contributed by atoms with E-state index in [1.165, 1.54) is 19.4 Å². The summed E-state index contributed by atoms with van der Waals surface area (Å²) in [5.74, 6) is 0.101. The maximum atomic E-state index is 12.4. The fourth-order valence-corrected chi connectivity index (χ4v) is 3.81. The molecule has 3 rings (SSSR count). The van der Waals surface area contributed by atoms with Crippen molar-refractivity contribution in [3.05, 3.63) is 0 Å². The van der Waals surface area contributed by atoms with Gasteiger partial charge in [0, 0.05) is 31.6 Å². The van der Waals surface area contributed by atoms with Crippen LogP contribution in [0.1, 0.15) is 39.0 Å². The SMILES string of the molecule is CC1NC(=O)CCN(C2CCN3CCCC3C2)C1=O. The Morgan fingerprint density at radius 3 is 2.79 bits per heavy atom. The van der Waals surface area contributed by atoms with Gasteiger partial charge in [-0.2, -0.15) is 0 Å². The maximum Gasteiger partial charge on any atom is 0.245 e. The molecule has 1 N–H and O–H groups in total. The van der Waals surface area contributed by atoms with Gasteiger partial charge in [0.25, 0.3) is 0 Å². The molecule has 0 spiro atoms. The maximum absolute atomic E-state index is 12.4. The van der Waals surface area contributed by atoms with Gasteiger partial charge >= 0.3 is 0 Å². The third-order valence-corrected chi connectivity index (χ3v) is 4.84. The van der Waals surface area contributed by atoms with E-state index in [0.717, 1.165) is 19.4 Å². The smallest absolute Gasteiger partial charge is 0.245 e. The molecular formula is C14H23N3O2. The molecule has 0 saturated carbocycles. The Kier molecular flexibility index (Phi) is 3.48. The molecule has 0 bridgehead atoms. The fourth-order valence-electron chi connectivity index (χ4n) is 3.81. The molecule has 19 heavy (non-hydrogen) atoms. The highest BCUT2D eigenvalue weighted by molar-refractivity contribution is 5.89. The summed E-state index contributed by atoms with van der Waals surface area (Å²) in [5, 5.41) is 2.77.